The summed E-state index contributed by atoms with van der Waals surface area (Å²) >= 11 is 0. The fourth-order valence-corrected chi connectivity index (χ4v) is 3.67. The molecule has 2 rings (SSSR count). The number of carbonyl (C=O) groups is 8. The van der Waals surface area contributed by atoms with Crippen molar-refractivity contribution >= 4 is 47.8 Å². The molecule has 24 heteroatoms. The van der Waals surface area contributed by atoms with Crippen LogP contribution in [0.15, 0.2) is 0 Å². The molecule has 2 aliphatic rings. The van der Waals surface area contributed by atoms with E-state index < -0.39 is 109 Å². The fourth-order valence-electron chi connectivity index (χ4n) is 3.67. The zero-order valence-corrected chi connectivity index (χ0v) is 24.5. The molecule has 0 radical (unpaired) electrons. The number of esters is 4. The van der Waals surface area contributed by atoms with Crippen molar-refractivity contribution < 1.29 is 115 Å². The molecule has 44 heavy (non-hydrogen) atoms. The molecule has 260 valence electrons. The van der Waals surface area contributed by atoms with E-state index in [2.05, 4.69) is 18.9 Å². The molecule has 23 nitrogen and oxygen atoms in total. The van der Waals surface area contributed by atoms with Gasteiger partial charge in [-0.15, -0.1) is 0 Å². The van der Waals surface area contributed by atoms with Gasteiger partial charge in [0.05, 0.1) is 23.9 Å². The Morgan fingerprint density at radius 2 is 0.636 bits per heavy atom. The van der Waals surface area contributed by atoms with Gasteiger partial charge in [-0.2, -0.15) is 0 Å². The fraction of sp³-hybridized carbons (Fsp3) is 0.600. The van der Waals surface area contributed by atoms with Crippen molar-refractivity contribution in [3.63, 3.8) is 0 Å². The van der Waals surface area contributed by atoms with E-state index in [-0.39, 0.29) is 72.9 Å². The Bertz CT molecular complexity index is 829. The summed E-state index contributed by atoms with van der Waals surface area (Å²) in [7, 11) is 0. The second-order valence-corrected chi connectivity index (χ2v) is 8.32. The Balaban J connectivity index is -0.000000144. The number of ether oxygens (including phenoxy) is 4. The maximum Gasteiger partial charge on any atom is 0.361 e. The number of hydrogen-bond donors (Lipinski definition) is 3. The van der Waals surface area contributed by atoms with Crippen LogP contribution in [0.3, 0.4) is 0 Å². The number of rotatable bonds is 8. The van der Waals surface area contributed by atoms with Crippen LogP contribution in [0.1, 0.15) is 0 Å². The third kappa shape index (κ3) is 20.8. The third-order valence-electron chi connectivity index (χ3n) is 4.93. The first-order valence-corrected chi connectivity index (χ1v) is 10.8. The summed E-state index contributed by atoms with van der Waals surface area (Å²) < 4.78 is 16.9. The molecule has 2 fully saturated rings. The molecule has 0 unspecified atom stereocenters. The van der Waals surface area contributed by atoms with Gasteiger partial charge >= 0.3 is 23.9 Å². The summed E-state index contributed by atoms with van der Waals surface area (Å²) in [4.78, 5) is 88.6. The normalized spacial score (nSPS) is 16.7. The van der Waals surface area contributed by atoms with Gasteiger partial charge in [-0.05, 0) is 0 Å². The van der Waals surface area contributed by atoms with Crippen LogP contribution in [0.5, 0.6) is 0 Å². The smallest absolute Gasteiger partial charge is 0.361 e. The second kappa shape index (κ2) is 24.4. The Hall–Kier alpha value is -4.00. The van der Waals surface area contributed by atoms with Crippen molar-refractivity contribution in [2.75, 3.05) is 78.8 Å². The minimum absolute atomic E-state index is 0. The molecule has 0 atom stereocenters. The van der Waals surface area contributed by atoms with E-state index in [1.807, 2.05) is 0 Å². The van der Waals surface area contributed by atoms with Gasteiger partial charge in [-0.25, -0.2) is 19.2 Å². The van der Waals surface area contributed by atoms with Gasteiger partial charge in [0.15, 0.2) is 26.2 Å². The first kappa shape index (κ1) is 52.6. The van der Waals surface area contributed by atoms with Gasteiger partial charge in [0.25, 0.3) is 0 Å². The molecule has 0 aromatic carbocycles. The number of carbonyl (C=O) groups excluding carboxylic acids is 8. The Morgan fingerprint density at radius 3 is 0.773 bits per heavy atom. The molecule has 0 aliphatic carbocycles. The molecule has 0 saturated carbocycles. The maximum atomic E-state index is 11.4. The van der Waals surface area contributed by atoms with Crippen LogP contribution in [-0.4, -0.2) is 146 Å². The summed E-state index contributed by atoms with van der Waals surface area (Å²) in [5.74, 6) is -9.66. The second-order valence-electron chi connectivity index (χ2n) is 8.32. The van der Waals surface area contributed by atoms with E-state index >= 15 is 0 Å². The number of hydrogen-bond acceptors (Lipinski definition) is 19. The topological polar surface area (TPSA) is 434 Å². The molecule has 2 heterocycles. The Kier molecular flexibility index (Phi) is 29.2. The minimum Gasteiger partial charge on any atom is -0.544 e. The molecular weight excluding hydrogens is 654 g/mol. The summed E-state index contributed by atoms with van der Waals surface area (Å²) in [6.07, 6.45) is 0. The first-order valence-electron chi connectivity index (χ1n) is 10.8. The van der Waals surface area contributed by atoms with Crippen molar-refractivity contribution in [1.82, 2.24) is 18.5 Å². The van der Waals surface area contributed by atoms with Crippen LogP contribution < -0.4 is 38.9 Å². The van der Waals surface area contributed by atoms with E-state index in [4.69, 9.17) is 0 Å². The average molecular weight is 691 g/mol. The van der Waals surface area contributed by atoms with Crippen LogP contribution in [0.25, 0.3) is 0 Å². The predicted octanol–water partition coefficient (Wildman–Crippen LogP) is -10.4. The average Bonchev–Trinajstić information content (AvgIpc) is 2.82. The van der Waals surface area contributed by atoms with Crippen molar-refractivity contribution in [2.45, 2.75) is 0 Å². The quantitative estimate of drug-likeness (QED) is 0.0920. The van der Waals surface area contributed by atoms with Gasteiger partial charge in [0, 0.05) is 17.1 Å². The largest absolute Gasteiger partial charge is 0.544 e. The predicted molar refractivity (Wildman–Crippen MR) is 126 cm³/mol. The van der Waals surface area contributed by atoms with Crippen molar-refractivity contribution in [2.24, 2.45) is 0 Å². The van der Waals surface area contributed by atoms with Gasteiger partial charge < -0.3 is 88.0 Å². The van der Waals surface area contributed by atoms with Crippen LogP contribution in [0.2, 0.25) is 0 Å². The number of cyclic esters (lactones) is 4. The maximum absolute atomic E-state index is 11.4. The van der Waals surface area contributed by atoms with E-state index in [9.17, 15) is 58.8 Å². The zero-order valence-electron chi connectivity index (χ0n) is 23.4. The summed E-state index contributed by atoms with van der Waals surface area (Å²) in [5, 5.41) is 42.8. The first-order chi connectivity index (χ1) is 17.7. The molecule has 2 aliphatic heterocycles. The molecular formula is C20H37FeN5O18-2. The monoisotopic (exact) mass is 691 g/mol. The molecule has 13 N–H and O–H groups in total. The van der Waals surface area contributed by atoms with Gasteiger partial charge in [0.1, 0.15) is 52.6 Å². The van der Waals surface area contributed by atoms with E-state index in [1.54, 1.807) is 0 Å². The molecule has 0 aromatic heterocycles. The number of nitrogens with zero attached hydrogens (tertiary/aromatic N) is 2. The number of aliphatic carboxylic acids is 4. The SMILES string of the molecule is N.N.N.O.O.O=C([O-])C[N+]1(CC(=O)[O-])CC(=O)OCCOC(=O)C1.O=C([O-])C[N+]1(CC(=O)[O-])CC(=O)OCCOC(=O)C1.[Fe]. The summed E-state index contributed by atoms with van der Waals surface area (Å²) in [6.45, 7) is -6.35. The molecule has 0 amide bonds. The summed E-state index contributed by atoms with van der Waals surface area (Å²) in [5.41, 5.74) is 0. The van der Waals surface area contributed by atoms with Crippen molar-refractivity contribution in [3.05, 3.63) is 0 Å². The van der Waals surface area contributed by atoms with Crippen LogP contribution >= 0.6 is 0 Å². The van der Waals surface area contributed by atoms with E-state index in [1.165, 1.54) is 0 Å². The van der Waals surface area contributed by atoms with Crippen LogP contribution in [-0.2, 0) is 74.4 Å². The molecule has 0 aromatic rings. The van der Waals surface area contributed by atoms with Gasteiger partial charge in [-0.3, -0.25) is 8.97 Å². The van der Waals surface area contributed by atoms with Crippen molar-refractivity contribution in [1.29, 1.82) is 0 Å². The molecule has 2 saturated heterocycles. The Morgan fingerprint density at radius 1 is 0.477 bits per heavy atom. The standard InChI is InChI=1S/2C10H13NO8.Fe.3H3N.2H2O/c2*12-7(13)3-11(4-8(14)15)5-9(16)18-1-2-19-10(17)6-11;;;;;;/h2*1-6H2,(H-,12,13,14,15);;3*1H3;2*1H2/p-2. The number of quaternary nitrogens is 2. The van der Waals surface area contributed by atoms with E-state index in [0.717, 1.165) is 0 Å². The third-order valence-corrected chi connectivity index (χ3v) is 4.93. The number of carboxylic acid groups (broad SMARTS) is 4. The van der Waals surface area contributed by atoms with E-state index in [0.29, 0.717) is 0 Å². The molecule has 0 spiro atoms. The van der Waals surface area contributed by atoms with Crippen molar-refractivity contribution in [3.8, 4) is 0 Å². The van der Waals surface area contributed by atoms with Gasteiger partial charge in [-0.1, -0.05) is 0 Å². The minimum atomic E-state index is -1.60. The Labute approximate surface area is 259 Å². The summed E-state index contributed by atoms with van der Waals surface area (Å²) in [6, 6.07) is 0. The zero-order chi connectivity index (χ0) is 28.9. The van der Waals surface area contributed by atoms with Crippen LogP contribution in [0, 0.1) is 0 Å². The molecule has 0 bridgehead atoms. The van der Waals surface area contributed by atoms with Crippen LogP contribution in [0.4, 0.5) is 0 Å². The number of carboxylic acids is 4. The van der Waals surface area contributed by atoms with Gasteiger partial charge in [0.2, 0.25) is 0 Å².